The lowest BCUT2D eigenvalue weighted by atomic mass is 10.2. The quantitative estimate of drug-likeness (QED) is 0.825. The topological polar surface area (TPSA) is 29.1 Å². The van der Waals surface area contributed by atoms with Crippen LogP contribution in [-0.4, -0.2) is 12.5 Å². The number of carbonyl (C=O) groups is 1. The van der Waals surface area contributed by atoms with Crippen molar-refractivity contribution in [2.24, 2.45) is 0 Å². The van der Waals surface area contributed by atoms with Crippen LogP contribution in [-0.2, 0) is 0 Å². The third kappa shape index (κ3) is 4.31. The van der Waals surface area contributed by atoms with Gasteiger partial charge in [0.05, 0.1) is 0 Å². The van der Waals surface area contributed by atoms with Gasteiger partial charge in [-0.25, -0.2) is 4.39 Å². The number of carbonyl (C=O) groups excluding carboxylic acids is 1. The molecule has 4 heteroatoms. The Kier molecular flexibility index (Phi) is 5.46. The molecule has 0 heterocycles. The molecular formula is C12H15BrFNO. The number of amides is 1. The molecule has 16 heavy (non-hydrogen) atoms. The van der Waals surface area contributed by atoms with Crippen LogP contribution in [0.15, 0.2) is 22.7 Å². The lowest BCUT2D eigenvalue weighted by molar-refractivity contribution is 0.0952. The van der Waals surface area contributed by atoms with Gasteiger partial charge in [0, 0.05) is 16.6 Å². The Labute approximate surface area is 103 Å². The zero-order chi connectivity index (χ0) is 12.0. The SMILES string of the molecule is CCCCCNC(=O)c1cc(F)cc(Br)c1. The summed E-state index contributed by atoms with van der Waals surface area (Å²) in [5, 5.41) is 2.76. The molecule has 0 bridgehead atoms. The highest BCUT2D eigenvalue weighted by molar-refractivity contribution is 9.10. The first-order valence-electron chi connectivity index (χ1n) is 5.37. The zero-order valence-corrected chi connectivity index (χ0v) is 10.8. The van der Waals surface area contributed by atoms with Crippen molar-refractivity contribution in [2.45, 2.75) is 26.2 Å². The van der Waals surface area contributed by atoms with Gasteiger partial charge in [0.15, 0.2) is 0 Å². The molecule has 88 valence electrons. The van der Waals surface area contributed by atoms with E-state index in [2.05, 4.69) is 28.2 Å². The molecule has 0 unspecified atom stereocenters. The summed E-state index contributed by atoms with van der Waals surface area (Å²) in [6, 6.07) is 4.17. The van der Waals surface area contributed by atoms with Crippen molar-refractivity contribution in [1.82, 2.24) is 5.32 Å². The van der Waals surface area contributed by atoms with Gasteiger partial charge in [-0.2, -0.15) is 0 Å². The molecule has 0 aliphatic carbocycles. The van der Waals surface area contributed by atoms with E-state index < -0.39 is 5.82 Å². The van der Waals surface area contributed by atoms with E-state index in [1.165, 1.54) is 12.1 Å². The average Bonchev–Trinajstić information content (AvgIpc) is 2.22. The second-order valence-electron chi connectivity index (χ2n) is 3.62. The largest absolute Gasteiger partial charge is 0.352 e. The van der Waals surface area contributed by atoms with E-state index in [1.807, 2.05) is 0 Å². The van der Waals surface area contributed by atoms with Crippen molar-refractivity contribution in [3.63, 3.8) is 0 Å². The standard InChI is InChI=1S/C12H15BrFNO/c1-2-3-4-5-15-12(16)9-6-10(13)8-11(14)7-9/h6-8H,2-5H2,1H3,(H,15,16). The van der Waals surface area contributed by atoms with E-state index in [1.54, 1.807) is 6.07 Å². The summed E-state index contributed by atoms with van der Waals surface area (Å²) in [7, 11) is 0. The van der Waals surface area contributed by atoms with Gasteiger partial charge < -0.3 is 5.32 Å². The summed E-state index contributed by atoms with van der Waals surface area (Å²) in [6.45, 7) is 2.74. The number of unbranched alkanes of at least 4 members (excludes halogenated alkanes) is 2. The van der Waals surface area contributed by atoms with Gasteiger partial charge in [-0.05, 0) is 24.6 Å². The van der Waals surface area contributed by atoms with Crippen LogP contribution in [0.25, 0.3) is 0 Å². The molecular weight excluding hydrogens is 273 g/mol. The third-order valence-corrected chi connectivity index (χ3v) is 2.65. The first kappa shape index (κ1) is 13.2. The van der Waals surface area contributed by atoms with Crippen LogP contribution in [0.5, 0.6) is 0 Å². The maximum atomic E-state index is 13.0. The van der Waals surface area contributed by atoms with Crippen LogP contribution < -0.4 is 5.32 Å². The van der Waals surface area contributed by atoms with E-state index in [-0.39, 0.29) is 5.91 Å². The minimum Gasteiger partial charge on any atom is -0.352 e. The molecule has 1 N–H and O–H groups in total. The maximum Gasteiger partial charge on any atom is 0.251 e. The Morgan fingerprint density at radius 3 is 2.75 bits per heavy atom. The Hall–Kier alpha value is -0.900. The second kappa shape index (κ2) is 6.63. The molecule has 0 aliphatic rings. The molecule has 2 nitrogen and oxygen atoms in total. The molecule has 0 aliphatic heterocycles. The van der Waals surface area contributed by atoms with Gasteiger partial charge in [0.25, 0.3) is 5.91 Å². The minimum absolute atomic E-state index is 0.226. The van der Waals surface area contributed by atoms with Crippen LogP contribution in [0.1, 0.15) is 36.5 Å². The molecule has 1 amide bonds. The highest BCUT2D eigenvalue weighted by atomic mass is 79.9. The number of nitrogens with one attached hydrogen (secondary N) is 1. The highest BCUT2D eigenvalue weighted by Crippen LogP contribution is 2.14. The predicted molar refractivity (Wildman–Crippen MR) is 66.0 cm³/mol. The van der Waals surface area contributed by atoms with Gasteiger partial charge in [-0.3, -0.25) is 4.79 Å². The van der Waals surface area contributed by atoms with Crippen LogP contribution in [0.4, 0.5) is 4.39 Å². The van der Waals surface area contributed by atoms with Gasteiger partial charge in [-0.1, -0.05) is 35.7 Å². The van der Waals surface area contributed by atoms with Gasteiger partial charge in [0.1, 0.15) is 5.82 Å². The smallest absolute Gasteiger partial charge is 0.251 e. The van der Waals surface area contributed by atoms with Crippen molar-refractivity contribution in [3.05, 3.63) is 34.1 Å². The number of hydrogen-bond donors (Lipinski definition) is 1. The molecule has 1 rings (SSSR count). The Bertz CT molecular complexity index is 348. The van der Waals surface area contributed by atoms with E-state index in [4.69, 9.17) is 0 Å². The summed E-state index contributed by atoms with van der Waals surface area (Å²) in [6.07, 6.45) is 3.16. The Morgan fingerprint density at radius 1 is 1.38 bits per heavy atom. The number of hydrogen-bond acceptors (Lipinski definition) is 1. The summed E-state index contributed by atoms with van der Waals surface area (Å²) < 4.78 is 13.6. The molecule has 0 radical (unpaired) electrons. The molecule has 0 fully saturated rings. The summed E-state index contributed by atoms with van der Waals surface area (Å²) in [5.41, 5.74) is 0.350. The Morgan fingerprint density at radius 2 is 2.12 bits per heavy atom. The molecule has 0 saturated heterocycles. The number of halogens is 2. The highest BCUT2D eigenvalue weighted by Gasteiger charge is 2.07. The van der Waals surface area contributed by atoms with Gasteiger partial charge in [-0.15, -0.1) is 0 Å². The number of rotatable bonds is 5. The van der Waals surface area contributed by atoms with Crippen molar-refractivity contribution >= 4 is 21.8 Å². The average molecular weight is 288 g/mol. The van der Waals surface area contributed by atoms with Crippen LogP contribution in [0.3, 0.4) is 0 Å². The predicted octanol–water partition coefficient (Wildman–Crippen LogP) is 3.51. The fraction of sp³-hybridized carbons (Fsp3) is 0.417. The third-order valence-electron chi connectivity index (χ3n) is 2.19. The molecule has 1 aromatic carbocycles. The first-order chi connectivity index (χ1) is 7.63. The van der Waals surface area contributed by atoms with Crippen molar-refractivity contribution in [1.29, 1.82) is 0 Å². The lowest BCUT2D eigenvalue weighted by Gasteiger charge is -2.05. The normalized spacial score (nSPS) is 10.2. The Balaban J connectivity index is 2.52. The fourth-order valence-corrected chi connectivity index (χ4v) is 1.83. The van der Waals surface area contributed by atoms with Gasteiger partial charge in [0.2, 0.25) is 0 Å². The van der Waals surface area contributed by atoms with Crippen LogP contribution >= 0.6 is 15.9 Å². The minimum atomic E-state index is -0.409. The molecule has 0 atom stereocenters. The van der Waals surface area contributed by atoms with Crippen molar-refractivity contribution in [2.75, 3.05) is 6.54 Å². The first-order valence-corrected chi connectivity index (χ1v) is 6.17. The number of benzene rings is 1. The lowest BCUT2D eigenvalue weighted by Crippen LogP contribution is -2.24. The van der Waals surface area contributed by atoms with Gasteiger partial charge >= 0.3 is 0 Å². The maximum absolute atomic E-state index is 13.0. The van der Waals surface area contributed by atoms with Crippen molar-refractivity contribution in [3.8, 4) is 0 Å². The van der Waals surface area contributed by atoms with Crippen LogP contribution in [0.2, 0.25) is 0 Å². The van der Waals surface area contributed by atoms with E-state index in [0.717, 1.165) is 19.3 Å². The molecule has 0 aromatic heterocycles. The fourth-order valence-electron chi connectivity index (χ4n) is 1.36. The van der Waals surface area contributed by atoms with E-state index >= 15 is 0 Å². The molecule has 1 aromatic rings. The van der Waals surface area contributed by atoms with Crippen LogP contribution in [0, 0.1) is 5.82 Å². The van der Waals surface area contributed by atoms with E-state index in [9.17, 15) is 9.18 Å². The monoisotopic (exact) mass is 287 g/mol. The zero-order valence-electron chi connectivity index (χ0n) is 9.22. The van der Waals surface area contributed by atoms with Crippen molar-refractivity contribution < 1.29 is 9.18 Å². The molecule has 0 spiro atoms. The summed E-state index contributed by atoms with van der Waals surface area (Å²) in [4.78, 5) is 11.6. The van der Waals surface area contributed by atoms with E-state index in [0.29, 0.717) is 16.6 Å². The summed E-state index contributed by atoms with van der Waals surface area (Å²) >= 11 is 3.15. The summed E-state index contributed by atoms with van der Waals surface area (Å²) in [5.74, 6) is -0.635. The molecule has 0 saturated carbocycles. The second-order valence-corrected chi connectivity index (χ2v) is 4.54.